The van der Waals surface area contributed by atoms with Gasteiger partial charge in [0.05, 0.1) is 6.54 Å². The number of hydrogen-bond acceptors (Lipinski definition) is 4. The molecule has 1 N–H and O–H groups in total. The van der Waals surface area contributed by atoms with Crippen LogP contribution in [0.2, 0.25) is 0 Å². The SMILES string of the molecule is CC(=O)c1cccc(NC(=O)CN(C)CCOc2cccc(C)c2)c1. The second-order valence-corrected chi connectivity index (χ2v) is 6.09. The first kappa shape index (κ1) is 18.7. The third kappa shape index (κ3) is 6.39. The molecule has 5 heteroatoms. The van der Waals surface area contributed by atoms with Gasteiger partial charge in [-0.2, -0.15) is 0 Å². The Kier molecular flexibility index (Phi) is 6.71. The van der Waals surface area contributed by atoms with E-state index in [0.717, 1.165) is 11.3 Å². The van der Waals surface area contributed by atoms with Crippen molar-refractivity contribution < 1.29 is 14.3 Å². The fraction of sp³-hybridized carbons (Fsp3) is 0.300. The van der Waals surface area contributed by atoms with Crippen molar-refractivity contribution in [3.05, 3.63) is 59.7 Å². The maximum Gasteiger partial charge on any atom is 0.238 e. The van der Waals surface area contributed by atoms with E-state index >= 15 is 0 Å². The highest BCUT2D eigenvalue weighted by Crippen LogP contribution is 2.12. The van der Waals surface area contributed by atoms with Crippen molar-refractivity contribution in [1.82, 2.24) is 4.90 Å². The third-order valence-corrected chi connectivity index (χ3v) is 3.70. The van der Waals surface area contributed by atoms with Gasteiger partial charge in [-0.05, 0) is 50.7 Å². The normalized spacial score (nSPS) is 10.6. The average Bonchev–Trinajstić information content (AvgIpc) is 2.55. The first-order valence-electron chi connectivity index (χ1n) is 8.23. The van der Waals surface area contributed by atoms with Crippen molar-refractivity contribution in [1.29, 1.82) is 0 Å². The smallest absolute Gasteiger partial charge is 0.238 e. The summed E-state index contributed by atoms with van der Waals surface area (Å²) < 4.78 is 5.69. The lowest BCUT2D eigenvalue weighted by Crippen LogP contribution is -2.33. The van der Waals surface area contributed by atoms with Crippen LogP contribution >= 0.6 is 0 Å². The minimum atomic E-state index is -0.126. The maximum absolute atomic E-state index is 12.1. The molecule has 0 aliphatic rings. The summed E-state index contributed by atoms with van der Waals surface area (Å²) in [6.07, 6.45) is 0. The topological polar surface area (TPSA) is 58.6 Å². The summed E-state index contributed by atoms with van der Waals surface area (Å²) in [6.45, 7) is 4.91. The monoisotopic (exact) mass is 340 g/mol. The summed E-state index contributed by atoms with van der Waals surface area (Å²) in [7, 11) is 1.87. The van der Waals surface area contributed by atoms with Crippen LogP contribution in [0.4, 0.5) is 5.69 Å². The summed E-state index contributed by atoms with van der Waals surface area (Å²) in [5, 5.41) is 2.81. The summed E-state index contributed by atoms with van der Waals surface area (Å²) >= 11 is 0. The number of ketones is 1. The van der Waals surface area contributed by atoms with Crippen LogP contribution in [0.3, 0.4) is 0 Å². The molecular weight excluding hydrogens is 316 g/mol. The van der Waals surface area contributed by atoms with E-state index < -0.39 is 0 Å². The molecule has 2 aromatic rings. The van der Waals surface area contributed by atoms with E-state index in [4.69, 9.17) is 4.74 Å². The minimum Gasteiger partial charge on any atom is -0.492 e. The Morgan fingerprint density at radius 1 is 1.12 bits per heavy atom. The number of carbonyl (C=O) groups excluding carboxylic acids is 2. The number of benzene rings is 2. The molecule has 0 unspecified atom stereocenters. The van der Waals surface area contributed by atoms with Crippen molar-refractivity contribution in [2.75, 3.05) is 32.1 Å². The van der Waals surface area contributed by atoms with Crippen LogP contribution in [0, 0.1) is 6.92 Å². The third-order valence-electron chi connectivity index (χ3n) is 3.70. The number of anilines is 1. The van der Waals surface area contributed by atoms with Gasteiger partial charge in [0, 0.05) is 17.8 Å². The van der Waals surface area contributed by atoms with E-state index in [-0.39, 0.29) is 18.2 Å². The molecule has 0 atom stereocenters. The quantitative estimate of drug-likeness (QED) is 0.750. The molecule has 0 saturated carbocycles. The molecule has 0 spiro atoms. The van der Waals surface area contributed by atoms with E-state index in [1.807, 2.05) is 43.1 Å². The highest BCUT2D eigenvalue weighted by molar-refractivity contribution is 5.97. The summed E-state index contributed by atoms with van der Waals surface area (Å²) in [6, 6.07) is 14.8. The molecule has 0 radical (unpaired) electrons. The Labute approximate surface area is 148 Å². The van der Waals surface area contributed by atoms with Crippen LogP contribution in [-0.2, 0) is 4.79 Å². The van der Waals surface area contributed by atoms with E-state index in [9.17, 15) is 9.59 Å². The van der Waals surface area contributed by atoms with Crippen LogP contribution in [0.5, 0.6) is 5.75 Å². The molecule has 0 saturated heterocycles. The van der Waals surface area contributed by atoms with Gasteiger partial charge in [0.2, 0.25) is 5.91 Å². The van der Waals surface area contributed by atoms with Gasteiger partial charge in [-0.3, -0.25) is 14.5 Å². The lowest BCUT2D eigenvalue weighted by atomic mass is 10.1. The van der Waals surface area contributed by atoms with Crippen molar-refractivity contribution in [3.63, 3.8) is 0 Å². The fourth-order valence-corrected chi connectivity index (χ4v) is 2.37. The van der Waals surface area contributed by atoms with Gasteiger partial charge in [-0.25, -0.2) is 0 Å². The molecule has 0 aromatic heterocycles. The van der Waals surface area contributed by atoms with Gasteiger partial charge in [0.15, 0.2) is 5.78 Å². The largest absolute Gasteiger partial charge is 0.492 e. The lowest BCUT2D eigenvalue weighted by molar-refractivity contribution is -0.117. The van der Waals surface area contributed by atoms with Gasteiger partial charge in [0.1, 0.15) is 12.4 Å². The summed E-state index contributed by atoms with van der Waals surface area (Å²) in [5.74, 6) is 0.680. The van der Waals surface area contributed by atoms with Crippen molar-refractivity contribution in [3.8, 4) is 5.75 Å². The lowest BCUT2D eigenvalue weighted by Gasteiger charge is -2.17. The van der Waals surface area contributed by atoms with E-state index in [2.05, 4.69) is 5.32 Å². The molecule has 0 bridgehead atoms. The maximum atomic E-state index is 12.1. The molecule has 0 heterocycles. The summed E-state index contributed by atoms with van der Waals surface area (Å²) in [4.78, 5) is 25.4. The van der Waals surface area contributed by atoms with Gasteiger partial charge >= 0.3 is 0 Å². The first-order valence-corrected chi connectivity index (χ1v) is 8.23. The highest BCUT2D eigenvalue weighted by atomic mass is 16.5. The Morgan fingerprint density at radius 2 is 1.88 bits per heavy atom. The van der Waals surface area contributed by atoms with Gasteiger partial charge in [-0.15, -0.1) is 0 Å². The fourth-order valence-electron chi connectivity index (χ4n) is 2.37. The van der Waals surface area contributed by atoms with Gasteiger partial charge in [-0.1, -0.05) is 24.3 Å². The van der Waals surface area contributed by atoms with Crippen LogP contribution in [-0.4, -0.2) is 43.3 Å². The molecule has 132 valence electrons. The number of nitrogens with one attached hydrogen (secondary N) is 1. The van der Waals surface area contributed by atoms with Crippen LogP contribution in [0.15, 0.2) is 48.5 Å². The Morgan fingerprint density at radius 3 is 2.60 bits per heavy atom. The number of hydrogen-bond donors (Lipinski definition) is 1. The zero-order chi connectivity index (χ0) is 18.2. The second-order valence-electron chi connectivity index (χ2n) is 6.09. The number of likely N-dealkylation sites (N-methyl/N-ethyl adjacent to an activating group) is 1. The Balaban J connectivity index is 1.76. The van der Waals surface area contributed by atoms with Gasteiger partial charge < -0.3 is 10.1 Å². The molecule has 2 aromatic carbocycles. The average molecular weight is 340 g/mol. The van der Waals surface area contributed by atoms with Crippen molar-refractivity contribution in [2.24, 2.45) is 0 Å². The zero-order valence-corrected chi connectivity index (χ0v) is 14.9. The number of amides is 1. The van der Waals surface area contributed by atoms with Crippen LogP contribution < -0.4 is 10.1 Å². The molecule has 0 fully saturated rings. The molecule has 2 rings (SSSR count). The summed E-state index contributed by atoms with van der Waals surface area (Å²) in [5.41, 5.74) is 2.36. The highest BCUT2D eigenvalue weighted by Gasteiger charge is 2.08. The first-order chi connectivity index (χ1) is 11.9. The number of Topliss-reactive ketones (excluding diaryl/α,β-unsaturated/α-hetero) is 1. The van der Waals surface area contributed by atoms with Gasteiger partial charge in [0.25, 0.3) is 0 Å². The zero-order valence-electron chi connectivity index (χ0n) is 14.9. The number of carbonyl (C=O) groups is 2. The van der Waals surface area contributed by atoms with Crippen molar-refractivity contribution in [2.45, 2.75) is 13.8 Å². The van der Waals surface area contributed by atoms with Crippen LogP contribution in [0.1, 0.15) is 22.8 Å². The van der Waals surface area contributed by atoms with Crippen molar-refractivity contribution >= 4 is 17.4 Å². The minimum absolute atomic E-state index is 0.0264. The molecule has 0 aliphatic heterocycles. The molecule has 25 heavy (non-hydrogen) atoms. The van der Waals surface area contributed by atoms with E-state index in [0.29, 0.717) is 24.4 Å². The van der Waals surface area contributed by atoms with Crippen LogP contribution in [0.25, 0.3) is 0 Å². The Hall–Kier alpha value is -2.66. The Bertz CT molecular complexity index is 743. The number of aryl methyl sites for hydroxylation is 1. The number of rotatable bonds is 8. The number of ether oxygens (including phenoxy) is 1. The van der Waals surface area contributed by atoms with E-state index in [1.165, 1.54) is 6.92 Å². The molecule has 1 amide bonds. The number of nitrogens with zero attached hydrogens (tertiary/aromatic N) is 1. The molecule has 5 nitrogen and oxygen atoms in total. The standard InChI is InChI=1S/C20H24N2O3/c1-15-6-4-9-19(12-15)25-11-10-22(3)14-20(24)21-18-8-5-7-17(13-18)16(2)23/h4-9,12-13H,10-11,14H2,1-3H3,(H,21,24). The molecule has 0 aliphatic carbocycles. The molecular formula is C20H24N2O3. The predicted octanol–water partition coefficient (Wildman–Crippen LogP) is 3.15. The van der Waals surface area contributed by atoms with E-state index in [1.54, 1.807) is 24.3 Å². The predicted molar refractivity (Wildman–Crippen MR) is 99.2 cm³/mol. The second kappa shape index (κ2) is 8.99.